The number of aliphatic hydroxyl groups is 1. The number of H-pyrrole nitrogens is 1. The number of nitrogens with one attached hydrogen (secondary N) is 1. The SMILES string of the molecule is O=S1(=O)CCN(c2ccc(-c3nc4cc(OC5COC6C(O)COC56)[nH]c4cc3Cl)cc2)CC1. The summed E-state index contributed by atoms with van der Waals surface area (Å²) < 4.78 is 40.7. The van der Waals surface area contributed by atoms with E-state index in [4.69, 9.17) is 30.8 Å². The molecule has 0 amide bonds. The van der Waals surface area contributed by atoms with Crippen molar-refractivity contribution in [1.29, 1.82) is 0 Å². The van der Waals surface area contributed by atoms with E-state index in [1.54, 1.807) is 0 Å². The van der Waals surface area contributed by atoms with Crippen LogP contribution in [0.3, 0.4) is 0 Å². The Bertz CT molecular complexity index is 1310. The van der Waals surface area contributed by atoms with Crippen molar-refractivity contribution in [2.24, 2.45) is 0 Å². The van der Waals surface area contributed by atoms with Gasteiger partial charge in [0, 0.05) is 30.4 Å². The molecule has 180 valence electrons. The number of hydrogen-bond acceptors (Lipinski definition) is 8. The zero-order chi connectivity index (χ0) is 23.4. The number of hydrogen-bond donors (Lipinski definition) is 2. The van der Waals surface area contributed by atoms with Crippen LogP contribution in [0.1, 0.15) is 0 Å². The average molecular weight is 506 g/mol. The Balaban J connectivity index is 1.21. The van der Waals surface area contributed by atoms with Crippen molar-refractivity contribution >= 4 is 38.2 Å². The maximum atomic E-state index is 11.7. The van der Waals surface area contributed by atoms with Gasteiger partial charge in [-0.05, 0) is 18.2 Å². The molecule has 3 saturated heterocycles. The van der Waals surface area contributed by atoms with E-state index in [0.717, 1.165) is 16.8 Å². The minimum absolute atomic E-state index is 0.178. The molecular weight excluding hydrogens is 482 g/mol. The molecule has 34 heavy (non-hydrogen) atoms. The summed E-state index contributed by atoms with van der Waals surface area (Å²) in [6.45, 7) is 1.58. The molecule has 3 fully saturated rings. The molecule has 0 saturated carbocycles. The number of halogens is 1. The van der Waals surface area contributed by atoms with E-state index >= 15 is 0 Å². The molecule has 4 unspecified atom stereocenters. The Morgan fingerprint density at radius 2 is 1.82 bits per heavy atom. The van der Waals surface area contributed by atoms with Gasteiger partial charge >= 0.3 is 0 Å². The quantitative estimate of drug-likeness (QED) is 0.553. The fourth-order valence-electron chi connectivity index (χ4n) is 4.78. The summed E-state index contributed by atoms with van der Waals surface area (Å²) in [5.74, 6) is 0.889. The average Bonchev–Trinajstić information content (AvgIpc) is 3.50. The summed E-state index contributed by atoms with van der Waals surface area (Å²) in [5, 5.41) is 10.4. The third-order valence-corrected chi connectivity index (χ3v) is 8.54. The summed E-state index contributed by atoms with van der Waals surface area (Å²) in [5.41, 5.74) is 3.95. The van der Waals surface area contributed by atoms with Gasteiger partial charge in [-0.15, -0.1) is 0 Å². The van der Waals surface area contributed by atoms with Crippen molar-refractivity contribution in [3.8, 4) is 17.1 Å². The second kappa shape index (κ2) is 8.39. The van der Waals surface area contributed by atoms with Gasteiger partial charge in [-0.1, -0.05) is 23.7 Å². The van der Waals surface area contributed by atoms with Gasteiger partial charge in [-0.2, -0.15) is 0 Å². The molecule has 3 aromatic rings. The molecule has 4 atom stereocenters. The lowest BCUT2D eigenvalue weighted by Gasteiger charge is -2.28. The normalized spacial score (nSPS) is 28.4. The monoisotopic (exact) mass is 505 g/mol. The van der Waals surface area contributed by atoms with Crippen LogP contribution in [0.2, 0.25) is 5.02 Å². The van der Waals surface area contributed by atoms with Gasteiger partial charge in [0.25, 0.3) is 0 Å². The molecule has 0 aliphatic carbocycles. The first-order chi connectivity index (χ1) is 16.4. The Hall–Kier alpha value is -2.37. The molecule has 6 rings (SSSR count). The molecule has 1 aromatic carbocycles. The fourth-order valence-corrected chi connectivity index (χ4v) is 6.24. The fraction of sp³-hybridized carbons (Fsp3) is 0.435. The maximum absolute atomic E-state index is 11.7. The van der Waals surface area contributed by atoms with Gasteiger partial charge in [0.1, 0.15) is 18.3 Å². The molecule has 0 spiro atoms. The second-order valence-corrected chi connectivity index (χ2v) is 11.6. The summed E-state index contributed by atoms with van der Waals surface area (Å²) in [4.78, 5) is 10.0. The Morgan fingerprint density at radius 3 is 2.59 bits per heavy atom. The Morgan fingerprint density at radius 1 is 1.09 bits per heavy atom. The smallest absolute Gasteiger partial charge is 0.193 e. The lowest BCUT2D eigenvalue weighted by Crippen LogP contribution is -2.40. The molecule has 2 aromatic heterocycles. The lowest BCUT2D eigenvalue weighted by atomic mass is 10.1. The van der Waals surface area contributed by atoms with Gasteiger partial charge in [0.2, 0.25) is 0 Å². The number of fused-ring (bicyclic) bond motifs is 2. The van der Waals surface area contributed by atoms with E-state index in [1.807, 2.05) is 36.4 Å². The molecule has 0 radical (unpaired) electrons. The summed E-state index contributed by atoms with van der Waals surface area (Å²) in [7, 11) is -2.92. The van der Waals surface area contributed by atoms with Crippen LogP contribution in [0.4, 0.5) is 5.69 Å². The van der Waals surface area contributed by atoms with Crippen LogP contribution in [0, 0.1) is 0 Å². The van der Waals surface area contributed by atoms with Gasteiger partial charge in [-0.25, -0.2) is 13.4 Å². The van der Waals surface area contributed by atoms with Crippen LogP contribution in [-0.4, -0.2) is 85.7 Å². The Kier molecular flexibility index (Phi) is 5.45. The molecule has 9 nitrogen and oxygen atoms in total. The molecule has 3 aliphatic heterocycles. The number of pyridine rings is 1. The predicted octanol–water partition coefficient (Wildman–Crippen LogP) is 2.02. The topological polar surface area (TPSA) is 114 Å². The predicted molar refractivity (Wildman–Crippen MR) is 127 cm³/mol. The van der Waals surface area contributed by atoms with Crippen LogP contribution in [0.25, 0.3) is 22.3 Å². The highest BCUT2D eigenvalue weighted by molar-refractivity contribution is 7.91. The van der Waals surface area contributed by atoms with E-state index in [1.165, 1.54) is 0 Å². The standard InChI is InChI=1S/C23H24ClN3O6S/c24-15-9-16-17(10-20(25-16)33-19-12-32-22-18(28)11-31-23(19)22)26-21(15)13-1-3-14(4-2-13)27-5-7-34(29,30)8-6-27/h1-4,9-10,18-19,22-23,25,28H,5-8,11-12H2. The summed E-state index contributed by atoms with van der Waals surface area (Å²) in [6.07, 6.45) is -1.60. The highest BCUT2D eigenvalue weighted by Crippen LogP contribution is 2.34. The van der Waals surface area contributed by atoms with Crippen LogP contribution >= 0.6 is 11.6 Å². The molecular formula is C23H24ClN3O6S. The molecule has 5 heterocycles. The Labute approximate surface area is 201 Å². The maximum Gasteiger partial charge on any atom is 0.193 e. The molecule has 0 bridgehead atoms. The van der Waals surface area contributed by atoms with Gasteiger partial charge < -0.3 is 29.2 Å². The van der Waals surface area contributed by atoms with Crippen molar-refractivity contribution < 1.29 is 27.7 Å². The number of benzene rings is 1. The van der Waals surface area contributed by atoms with Crippen LogP contribution in [-0.2, 0) is 19.3 Å². The zero-order valence-corrected chi connectivity index (χ0v) is 19.8. The first-order valence-corrected chi connectivity index (χ1v) is 13.4. The van der Waals surface area contributed by atoms with Crippen molar-refractivity contribution in [3.63, 3.8) is 0 Å². The first kappa shape index (κ1) is 22.1. The van der Waals surface area contributed by atoms with Crippen LogP contribution in [0.15, 0.2) is 36.4 Å². The molecule has 11 heteroatoms. The number of rotatable bonds is 4. The van der Waals surface area contributed by atoms with Crippen molar-refractivity contribution in [1.82, 2.24) is 9.97 Å². The van der Waals surface area contributed by atoms with Crippen LogP contribution < -0.4 is 9.64 Å². The number of nitrogens with zero attached hydrogens (tertiary/aromatic N) is 2. The summed E-state index contributed by atoms with van der Waals surface area (Å²) >= 11 is 6.56. The van der Waals surface area contributed by atoms with Gasteiger partial charge in [0.15, 0.2) is 21.8 Å². The minimum Gasteiger partial charge on any atom is -0.470 e. The number of aromatic amines is 1. The number of aromatic nitrogens is 2. The number of anilines is 1. The van der Waals surface area contributed by atoms with E-state index in [9.17, 15) is 13.5 Å². The van der Waals surface area contributed by atoms with Crippen molar-refractivity contribution in [2.45, 2.75) is 24.4 Å². The van der Waals surface area contributed by atoms with E-state index in [-0.39, 0.29) is 36.4 Å². The minimum atomic E-state index is -2.92. The third kappa shape index (κ3) is 4.03. The van der Waals surface area contributed by atoms with Gasteiger partial charge in [0.05, 0.1) is 46.5 Å². The highest BCUT2D eigenvalue weighted by atomic mass is 35.5. The number of sulfone groups is 1. The van der Waals surface area contributed by atoms with Crippen molar-refractivity contribution in [2.75, 3.05) is 42.7 Å². The first-order valence-electron chi connectivity index (χ1n) is 11.2. The second-order valence-electron chi connectivity index (χ2n) is 8.89. The van der Waals surface area contributed by atoms with Crippen molar-refractivity contribution in [3.05, 3.63) is 41.4 Å². The summed E-state index contributed by atoms with van der Waals surface area (Å²) in [6, 6.07) is 11.5. The lowest BCUT2D eigenvalue weighted by molar-refractivity contribution is 0.00794. The third-order valence-electron chi connectivity index (χ3n) is 6.64. The largest absolute Gasteiger partial charge is 0.470 e. The van der Waals surface area contributed by atoms with E-state index in [0.29, 0.717) is 41.8 Å². The molecule has 3 aliphatic rings. The van der Waals surface area contributed by atoms with E-state index in [2.05, 4.69) is 9.88 Å². The van der Waals surface area contributed by atoms with Crippen LogP contribution in [0.5, 0.6) is 5.88 Å². The number of ether oxygens (including phenoxy) is 3. The van der Waals surface area contributed by atoms with E-state index < -0.39 is 15.9 Å². The van der Waals surface area contributed by atoms with Gasteiger partial charge in [-0.3, -0.25) is 0 Å². The number of aliphatic hydroxyl groups excluding tert-OH is 1. The zero-order valence-electron chi connectivity index (χ0n) is 18.2. The molecule has 2 N–H and O–H groups in total. The highest BCUT2D eigenvalue weighted by Gasteiger charge is 2.48.